The number of hydrogen-bond donors (Lipinski definition) is 0. The molecule has 5 heteroatoms. The van der Waals surface area contributed by atoms with Crippen LogP contribution in [0.25, 0.3) is 0 Å². The highest BCUT2D eigenvalue weighted by atomic mass is 32.1. The van der Waals surface area contributed by atoms with Gasteiger partial charge in [-0.15, -0.1) is 0 Å². The van der Waals surface area contributed by atoms with E-state index in [-0.39, 0.29) is 0 Å². The molecule has 0 radical (unpaired) electrons. The Balaban J connectivity index is 3.17. The summed E-state index contributed by atoms with van der Waals surface area (Å²) in [6.07, 6.45) is 0. The first-order valence-electron chi connectivity index (χ1n) is 5.83. The smallest absolute Gasteiger partial charge is 0.192 e. The van der Waals surface area contributed by atoms with Crippen LogP contribution in [0.3, 0.4) is 0 Å². The Morgan fingerprint density at radius 1 is 1.00 bits per heavy atom. The molecule has 0 unspecified atom stereocenters. The highest BCUT2D eigenvalue weighted by molar-refractivity contribution is 7.80. The summed E-state index contributed by atoms with van der Waals surface area (Å²) in [6, 6.07) is 1.90. The van der Waals surface area contributed by atoms with E-state index in [0.717, 1.165) is 22.5 Å². The molecule has 0 amide bonds. The van der Waals surface area contributed by atoms with Gasteiger partial charge in [0.2, 0.25) is 0 Å². The molecule has 0 atom stereocenters. The van der Waals surface area contributed by atoms with Gasteiger partial charge in [-0.1, -0.05) is 0 Å². The van der Waals surface area contributed by atoms with Crippen LogP contribution in [0.15, 0.2) is 6.07 Å². The van der Waals surface area contributed by atoms with Crippen molar-refractivity contribution in [2.75, 3.05) is 13.2 Å². The molecule has 1 aromatic heterocycles. The van der Waals surface area contributed by atoms with E-state index in [1.165, 1.54) is 0 Å². The number of rotatable bonds is 4. The van der Waals surface area contributed by atoms with Crippen LogP contribution in [0.4, 0.5) is 0 Å². The molecule has 0 aromatic carbocycles. The molecule has 1 aromatic rings. The molecule has 1 rings (SSSR count). The number of pyridine rings is 1. The minimum absolute atomic E-state index is 0.447. The topological polar surface area (TPSA) is 31.4 Å². The molecule has 0 spiro atoms. The van der Waals surface area contributed by atoms with Crippen LogP contribution in [-0.4, -0.2) is 28.3 Å². The molecule has 0 bridgehead atoms. The SMILES string of the molecule is CCOC(=S)c1cc(C(=S)OCC)c(C)nc1C. The van der Waals surface area contributed by atoms with Gasteiger partial charge in [0.05, 0.1) is 24.3 Å². The second kappa shape index (κ2) is 6.75. The van der Waals surface area contributed by atoms with Gasteiger partial charge in [-0.05, 0) is 58.2 Å². The molecule has 0 saturated carbocycles. The number of thiocarbonyl (C=S) groups is 2. The van der Waals surface area contributed by atoms with E-state index < -0.39 is 0 Å². The van der Waals surface area contributed by atoms with Crippen molar-refractivity contribution in [3.63, 3.8) is 0 Å². The first kappa shape index (κ1) is 15.0. The molecular weight excluding hydrogens is 266 g/mol. The van der Waals surface area contributed by atoms with Crippen LogP contribution in [0.1, 0.15) is 36.4 Å². The van der Waals surface area contributed by atoms with Gasteiger partial charge in [-0.3, -0.25) is 4.98 Å². The molecule has 0 aliphatic carbocycles. The van der Waals surface area contributed by atoms with E-state index in [2.05, 4.69) is 4.98 Å². The van der Waals surface area contributed by atoms with Crippen molar-refractivity contribution in [2.45, 2.75) is 27.7 Å². The Morgan fingerprint density at radius 2 is 1.39 bits per heavy atom. The summed E-state index contributed by atoms with van der Waals surface area (Å²) in [5.41, 5.74) is 3.28. The zero-order valence-electron chi connectivity index (χ0n) is 11.1. The Labute approximate surface area is 119 Å². The Kier molecular flexibility index (Phi) is 5.62. The van der Waals surface area contributed by atoms with Crippen LogP contribution in [0.5, 0.6) is 0 Å². The van der Waals surface area contributed by atoms with Crippen molar-refractivity contribution >= 4 is 34.5 Å². The summed E-state index contributed by atoms with van der Waals surface area (Å²) in [5.74, 6) is 0. The zero-order valence-corrected chi connectivity index (χ0v) is 12.7. The average molecular weight is 283 g/mol. The predicted molar refractivity (Wildman–Crippen MR) is 80.4 cm³/mol. The Bertz CT molecular complexity index is 433. The number of aromatic nitrogens is 1. The molecule has 0 saturated heterocycles. The van der Waals surface area contributed by atoms with Gasteiger partial charge < -0.3 is 9.47 Å². The van der Waals surface area contributed by atoms with Gasteiger partial charge in [0.1, 0.15) is 0 Å². The highest BCUT2D eigenvalue weighted by Crippen LogP contribution is 2.16. The molecule has 98 valence electrons. The molecule has 18 heavy (non-hydrogen) atoms. The van der Waals surface area contributed by atoms with Gasteiger partial charge in [0.25, 0.3) is 0 Å². The largest absolute Gasteiger partial charge is 0.483 e. The van der Waals surface area contributed by atoms with Crippen molar-refractivity contribution in [3.05, 3.63) is 28.6 Å². The lowest BCUT2D eigenvalue weighted by molar-refractivity contribution is 0.336. The number of nitrogens with zero attached hydrogens (tertiary/aromatic N) is 1. The summed E-state index contributed by atoms with van der Waals surface area (Å²) < 4.78 is 10.7. The molecule has 1 heterocycles. The third-order valence-corrected chi connectivity index (χ3v) is 3.07. The molecule has 0 aliphatic heterocycles. The molecule has 3 nitrogen and oxygen atoms in total. The zero-order chi connectivity index (χ0) is 13.7. The summed E-state index contributed by atoms with van der Waals surface area (Å²) in [7, 11) is 0. The lowest BCUT2D eigenvalue weighted by Crippen LogP contribution is -2.13. The lowest BCUT2D eigenvalue weighted by Gasteiger charge is -2.13. The fraction of sp³-hybridized carbons (Fsp3) is 0.462. The maximum Gasteiger partial charge on any atom is 0.192 e. The lowest BCUT2D eigenvalue weighted by atomic mass is 10.1. The Hall–Kier alpha value is -1.07. The third-order valence-electron chi connectivity index (χ3n) is 2.39. The van der Waals surface area contributed by atoms with Crippen LogP contribution >= 0.6 is 24.4 Å². The second-order valence-electron chi connectivity index (χ2n) is 3.70. The average Bonchev–Trinajstić information content (AvgIpc) is 2.29. The summed E-state index contributed by atoms with van der Waals surface area (Å²) in [6.45, 7) is 8.68. The van der Waals surface area contributed by atoms with E-state index >= 15 is 0 Å². The number of ether oxygens (including phenoxy) is 2. The van der Waals surface area contributed by atoms with E-state index in [1.54, 1.807) is 0 Å². The summed E-state index contributed by atoms with van der Waals surface area (Å²) in [5, 5.41) is 0.895. The van der Waals surface area contributed by atoms with Crippen molar-refractivity contribution in [1.82, 2.24) is 4.98 Å². The first-order valence-corrected chi connectivity index (χ1v) is 6.65. The van der Waals surface area contributed by atoms with Crippen LogP contribution < -0.4 is 0 Å². The van der Waals surface area contributed by atoms with E-state index in [9.17, 15) is 0 Å². The van der Waals surface area contributed by atoms with Crippen LogP contribution in [0.2, 0.25) is 0 Å². The fourth-order valence-electron chi connectivity index (χ4n) is 1.56. The van der Waals surface area contributed by atoms with Crippen molar-refractivity contribution < 1.29 is 9.47 Å². The number of aryl methyl sites for hydroxylation is 2. The van der Waals surface area contributed by atoms with Gasteiger partial charge >= 0.3 is 0 Å². The fourth-order valence-corrected chi connectivity index (χ4v) is 2.21. The first-order chi connectivity index (χ1) is 8.51. The highest BCUT2D eigenvalue weighted by Gasteiger charge is 2.14. The van der Waals surface area contributed by atoms with Crippen molar-refractivity contribution in [3.8, 4) is 0 Å². The standard InChI is InChI=1S/C13H17NO2S2/c1-5-15-12(17)10-7-11(13(18)16-6-2)9(4)14-8(10)3/h7H,5-6H2,1-4H3. The molecular formula is C13H17NO2S2. The van der Waals surface area contributed by atoms with Gasteiger partial charge in [-0.2, -0.15) is 0 Å². The van der Waals surface area contributed by atoms with E-state index in [4.69, 9.17) is 33.9 Å². The monoisotopic (exact) mass is 283 g/mol. The van der Waals surface area contributed by atoms with Crippen molar-refractivity contribution in [1.29, 1.82) is 0 Å². The molecule has 0 aliphatic rings. The van der Waals surface area contributed by atoms with E-state index in [0.29, 0.717) is 23.3 Å². The van der Waals surface area contributed by atoms with E-state index in [1.807, 2.05) is 33.8 Å². The number of hydrogen-bond acceptors (Lipinski definition) is 5. The minimum Gasteiger partial charge on any atom is -0.483 e. The third kappa shape index (κ3) is 3.46. The molecule has 0 fully saturated rings. The van der Waals surface area contributed by atoms with Crippen LogP contribution in [-0.2, 0) is 9.47 Å². The summed E-state index contributed by atoms with van der Waals surface area (Å²) in [4.78, 5) is 4.45. The van der Waals surface area contributed by atoms with Gasteiger partial charge in [0, 0.05) is 11.4 Å². The van der Waals surface area contributed by atoms with Gasteiger partial charge in [0.15, 0.2) is 10.1 Å². The normalized spacial score (nSPS) is 10.0. The van der Waals surface area contributed by atoms with Gasteiger partial charge in [-0.25, -0.2) is 0 Å². The maximum atomic E-state index is 5.35. The Morgan fingerprint density at radius 3 is 1.72 bits per heavy atom. The van der Waals surface area contributed by atoms with Crippen molar-refractivity contribution in [2.24, 2.45) is 0 Å². The minimum atomic E-state index is 0.447. The molecule has 0 N–H and O–H groups in total. The summed E-state index contributed by atoms with van der Waals surface area (Å²) >= 11 is 10.4. The quantitative estimate of drug-likeness (QED) is 0.793. The second-order valence-corrected chi connectivity index (χ2v) is 4.44. The van der Waals surface area contributed by atoms with Crippen LogP contribution in [0, 0.1) is 13.8 Å². The predicted octanol–water partition coefficient (Wildman–Crippen LogP) is 3.12. The maximum absolute atomic E-state index is 5.35.